The van der Waals surface area contributed by atoms with Gasteiger partial charge in [0.2, 0.25) is 0 Å². The zero-order valence-corrected chi connectivity index (χ0v) is 41.8. The maximum Gasteiger partial charge on any atom is 0.306 e. The van der Waals surface area contributed by atoms with Gasteiger partial charge in [-0.2, -0.15) is 0 Å². The molecule has 0 aliphatic carbocycles. The van der Waals surface area contributed by atoms with Crippen molar-refractivity contribution in [3.05, 3.63) is 109 Å². The molecule has 5 nitrogen and oxygen atoms in total. The molecular weight excluding hydrogens is 789 g/mol. The standard InChI is InChI=1S/C59H98O5/c1-4-7-10-13-16-19-22-25-28-30-32-34-37-40-43-46-49-52-58(60)63-56-57(55-62-54-51-48-45-42-39-36-33-29-26-23-20-17-14-11-8-5-2)64-59(61)53-50-47-44-41-38-35-31-27-24-21-18-15-12-9-6-3/h8-9,11-12,17-18,20-21,26-27,29,31,36,38-39,41,45,48,57H,4-7,10,13-16,19,22-25,28,30,32-35,37,40,42-44,46-47,49-56H2,1-3H3/b11-8-,12-9-,20-17-,21-18-,29-26-,31-27-,39-36-,41-38-,48-45-. The number of rotatable bonds is 47. The summed E-state index contributed by atoms with van der Waals surface area (Å²) in [5.74, 6) is -0.487. The van der Waals surface area contributed by atoms with Crippen LogP contribution >= 0.6 is 0 Å². The normalized spacial score (nSPS) is 13.1. The van der Waals surface area contributed by atoms with Crippen LogP contribution in [0.1, 0.15) is 226 Å². The molecule has 0 saturated heterocycles. The molecule has 1 unspecified atom stereocenters. The summed E-state index contributed by atoms with van der Waals surface area (Å²) in [6.45, 7) is 7.35. The second-order valence-electron chi connectivity index (χ2n) is 17.0. The van der Waals surface area contributed by atoms with Gasteiger partial charge in [0.25, 0.3) is 0 Å². The molecule has 0 N–H and O–H groups in total. The van der Waals surface area contributed by atoms with E-state index in [1.165, 1.54) is 96.3 Å². The van der Waals surface area contributed by atoms with Crippen molar-refractivity contribution in [3.8, 4) is 0 Å². The topological polar surface area (TPSA) is 61.8 Å². The monoisotopic (exact) mass is 887 g/mol. The van der Waals surface area contributed by atoms with Crippen LogP contribution in [0, 0.1) is 0 Å². The van der Waals surface area contributed by atoms with E-state index >= 15 is 0 Å². The Morgan fingerprint density at radius 1 is 0.359 bits per heavy atom. The number of hydrogen-bond donors (Lipinski definition) is 0. The van der Waals surface area contributed by atoms with Gasteiger partial charge < -0.3 is 14.2 Å². The van der Waals surface area contributed by atoms with Crippen LogP contribution in [0.2, 0.25) is 0 Å². The maximum absolute atomic E-state index is 12.8. The minimum absolute atomic E-state index is 0.0349. The molecule has 1 atom stereocenters. The number of ether oxygens (including phenoxy) is 3. The number of unbranched alkanes of at least 4 members (excludes halogenated alkanes) is 18. The number of esters is 2. The van der Waals surface area contributed by atoms with Crippen LogP contribution in [0.3, 0.4) is 0 Å². The first kappa shape index (κ1) is 60.6. The van der Waals surface area contributed by atoms with Crippen LogP contribution in [0.4, 0.5) is 0 Å². The van der Waals surface area contributed by atoms with Gasteiger partial charge in [0.15, 0.2) is 6.10 Å². The summed E-state index contributed by atoms with van der Waals surface area (Å²) in [6, 6.07) is 0. The first-order valence-electron chi connectivity index (χ1n) is 26.4. The van der Waals surface area contributed by atoms with E-state index in [1.54, 1.807) is 0 Å². The molecule has 0 aromatic carbocycles. The largest absolute Gasteiger partial charge is 0.462 e. The molecule has 0 saturated carbocycles. The van der Waals surface area contributed by atoms with Crippen LogP contribution in [-0.2, 0) is 23.8 Å². The van der Waals surface area contributed by atoms with Crippen LogP contribution in [0.25, 0.3) is 0 Å². The van der Waals surface area contributed by atoms with Gasteiger partial charge in [-0.05, 0) is 89.9 Å². The number of hydrogen-bond acceptors (Lipinski definition) is 5. The van der Waals surface area contributed by atoms with E-state index in [1.807, 2.05) is 0 Å². The van der Waals surface area contributed by atoms with E-state index in [0.717, 1.165) is 96.3 Å². The number of carbonyl (C=O) groups is 2. The molecule has 0 spiro atoms. The van der Waals surface area contributed by atoms with Crippen molar-refractivity contribution < 1.29 is 23.8 Å². The predicted molar refractivity (Wildman–Crippen MR) is 279 cm³/mol. The van der Waals surface area contributed by atoms with Gasteiger partial charge in [-0.15, -0.1) is 0 Å². The zero-order valence-electron chi connectivity index (χ0n) is 41.8. The molecule has 0 aromatic heterocycles. The third-order valence-electron chi connectivity index (χ3n) is 10.8. The molecule has 64 heavy (non-hydrogen) atoms. The minimum atomic E-state index is -0.602. The molecule has 0 radical (unpaired) electrons. The quantitative estimate of drug-likeness (QED) is 0.0346. The van der Waals surface area contributed by atoms with Crippen molar-refractivity contribution in [2.24, 2.45) is 0 Å². The summed E-state index contributed by atoms with van der Waals surface area (Å²) < 4.78 is 17.3. The van der Waals surface area contributed by atoms with E-state index in [4.69, 9.17) is 14.2 Å². The summed E-state index contributed by atoms with van der Waals surface area (Å²) in [6.07, 6.45) is 74.1. The third kappa shape index (κ3) is 51.2. The van der Waals surface area contributed by atoms with E-state index in [9.17, 15) is 9.59 Å². The first-order valence-corrected chi connectivity index (χ1v) is 26.4. The van der Waals surface area contributed by atoms with Crippen molar-refractivity contribution in [3.63, 3.8) is 0 Å². The minimum Gasteiger partial charge on any atom is -0.462 e. The van der Waals surface area contributed by atoms with Gasteiger partial charge in [0.05, 0.1) is 13.2 Å². The van der Waals surface area contributed by atoms with Gasteiger partial charge in [0, 0.05) is 12.8 Å². The summed E-state index contributed by atoms with van der Waals surface area (Å²) >= 11 is 0. The fraction of sp³-hybridized carbons (Fsp3) is 0.661. The molecule has 0 fully saturated rings. The van der Waals surface area contributed by atoms with E-state index in [0.29, 0.717) is 19.4 Å². The molecule has 0 aliphatic rings. The van der Waals surface area contributed by atoms with Gasteiger partial charge in [-0.3, -0.25) is 9.59 Å². The Morgan fingerprint density at radius 3 is 1.12 bits per heavy atom. The highest BCUT2D eigenvalue weighted by Crippen LogP contribution is 2.15. The smallest absolute Gasteiger partial charge is 0.306 e. The Labute approximate surface area is 395 Å². The van der Waals surface area contributed by atoms with Crippen molar-refractivity contribution >= 4 is 11.9 Å². The second-order valence-corrected chi connectivity index (χ2v) is 17.0. The Bertz CT molecular complexity index is 1280. The van der Waals surface area contributed by atoms with Crippen LogP contribution < -0.4 is 0 Å². The van der Waals surface area contributed by atoms with Crippen molar-refractivity contribution in [1.82, 2.24) is 0 Å². The van der Waals surface area contributed by atoms with Gasteiger partial charge in [0.1, 0.15) is 6.61 Å². The molecule has 0 amide bonds. The lowest BCUT2D eigenvalue weighted by atomic mass is 10.0. The van der Waals surface area contributed by atoms with Gasteiger partial charge >= 0.3 is 11.9 Å². The molecule has 0 aromatic rings. The van der Waals surface area contributed by atoms with E-state index < -0.39 is 6.10 Å². The lowest BCUT2D eigenvalue weighted by Gasteiger charge is -2.18. The van der Waals surface area contributed by atoms with Crippen molar-refractivity contribution in [2.45, 2.75) is 232 Å². The van der Waals surface area contributed by atoms with E-state index in [-0.39, 0.29) is 25.2 Å². The molecular formula is C59H98O5. The Hall–Kier alpha value is -3.44. The molecule has 0 aliphatic heterocycles. The van der Waals surface area contributed by atoms with Gasteiger partial charge in [-0.1, -0.05) is 233 Å². The summed E-state index contributed by atoms with van der Waals surface area (Å²) in [7, 11) is 0. The SMILES string of the molecule is CC/C=C\C/C=C\C/C=C\C/C=C\C/C=C\CCOCC(COC(=O)CCCCCCCCCCCCCCCCCCC)OC(=O)CCCC/C=C\C/C=C\C/C=C\C/C=C\CC. The molecule has 0 heterocycles. The van der Waals surface area contributed by atoms with Crippen molar-refractivity contribution in [2.75, 3.05) is 19.8 Å². The van der Waals surface area contributed by atoms with Crippen LogP contribution in [0.15, 0.2) is 109 Å². The lowest BCUT2D eigenvalue weighted by molar-refractivity contribution is -0.162. The van der Waals surface area contributed by atoms with Crippen LogP contribution in [0.5, 0.6) is 0 Å². The summed E-state index contributed by atoms with van der Waals surface area (Å²) in [5.41, 5.74) is 0. The summed E-state index contributed by atoms with van der Waals surface area (Å²) in [4.78, 5) is 25.4. The molecule has 364 valence electrons. The second kappa shape index (κ2) is 53.9. The molecule has 0 bridgehead atoms. The van der Waals surface area contributed by atoms with Crippen molar-refractivity contribution in [1.29, 1.82) is 0 Å². The Kier molecular flexibility index (Phi) is 51.0. The highest BCUT2D eigenvalue weighted by molar-refractivity contribution is 5.70. The fourth-order valence-corrected chi connectivity index (χ4v) is 6.98. The number of allylic oxidation sites excluding steroid dienone is 17. The summed E-state index contributed by atoms with van der Waals surface area (Å²) in [5, 5.41) is 0. The lowest BCUT2D eigenvalue weighted by Crippen LogP contribution is -2.30. The number of carbonyl (C=O) groups excluding carboxylic acids is 2. The predicted octanol–water partition coefficient (Wildman–Crippen LogP) is 18.0. The average Bonchev–Trinajstić information content (AvgIpc) is 3.30. The first-order chi connectivity index (χ1) is 31.6. The van der Waals surface area contributed by atoms with Crippen LogP contribution in [-0.4, -0.2) is 37.9 Å². The van der Waals surface area contributed by atoms with Gasteiger partial charge in [-0.25, -0.2) is 0 Å². The van der Waals surface area contributed by atoms with E-state index in [2.05, 4.69) is 130 Å². The maximum atomic E-state index is 12.8. The highest BCUT2D eigenvalue weighted by atomic mass is 16.6. The molecule has 0 rings (SSSR count). The molecule has 5 heteroatoms. The zero-order chi connectivity index (χ0) is 46.3. The fourth-order valence-electron chi connectivity index (χ4n) is 6.98. The Morgan fingerprint density at radius 2 is 0.703 bits per heavy atom. The third-order valence-corrected chi connectivity index (χ3v) is 10.8. The Balaban J connectivity index is 4.43. The highest BCUT2D eigenvalue weighted by Gasteiger charge is 2.17. The average molecular weight is 887 g/mol.